The van der Waals surface area contributed by atoms with Gasteiger partial charge in [0.15, 0.2) is 0 Å². The van der Waals surface area contributed by atoms with Gasteiger partial charge >= 0.3 is 0 Å². The van der Waals surface area contributed by atoms with Gasteiger partial charge in [0.2, 0.25) is 0 Å². The average molecular weight is 219 g/mol. The molecular weight excluding hydrogens is 198 g/mol. The van der Waals surface area contributed by atoms with E-state index in [-0.39, 0.29) is 0 Å². The first-order valence-corrected chi connectivity index (χ1v) is 6.06. The molecule has 1 saturated carbocycles. The average Bonchev–Trinajstić information content (AvgIpc) is 2.99. The molecule has 1 N–H and O–H groups in total. The Kier molecular flexibility index (Phi) is 3.20. The van der Waals surface area contributed by atoms with Crippen LogP contribution in [0.5, 0.6) is 5.75 Å². The fourth-order valence-corrected chi connectivity index (χ4v) is 2.52. The van der Waals surface area contributed by atoms with E-state index < -0.39 is 0 Å². The van der Waals surface area contributed by atoms with E-state index in [1.54, 1.807) is 7.11 Å². The lowest BCUT2D eigenvalue weighted by atomic mass is 9.94. The third kappa shape index (κ3) is 1.94. The summed E-state index contributed by atoms with van der Waals surface area (Å²) in [4.78, 5) is 0. The van der Waals surface area contributed by atoms with Gasteiger partial charge in [0.25, 0.3) is 0 Å². The van der Waals surface area contributed by atoms with Crippen LogP contribution in [0.2, 0.25) is 0 Å². The lowest BCUT2D eigenvalue weighted by molar-refractivity contribution is 0.403. The third-order valence-corrected chi connectivity index (χ3v) is 3.77. The Bertz CT molecular complexity index is 364. The summed E-state index contributed by atoms with van der Waals surface area (Å²) in [5.41, 5.74) is 1.68. The van der Waals surface area contributed by atoms with Gasteiger partial charge in [-0.15, -0.1) is 0 Å². The van der Waals surface area contributed by atoms with Gasteiger partial charge in [-0.2, -0.15) is 0 Å². The molecule has 0 radical (unpaired) electrons. The molecule has 88 valence electrons. The summed E-state index contributed by atoms with van der Waals surface area (Å²) >= 11 is 0. The lowest BCUT2D eigenvalue weighted by Crippen LogP contribution is -2.20. The number of ether oxygens (including phenoxy) is 1. The summed E-state index contributed by atoms with van der Waals surface area (Å²) in [6.07, 6.45) is 1.26. The second kappa shape index (κ2) is 4.46. The first kappa shape index (κ1) is 11.5. The van der Waals surface area contributed by atoms with Crippen LogP contribution in [-0.2, 0) is 5.41 Å². The highest BCUT2D eigenvalue weighted by Crippen LogP contribution is 2.55. The van der Waals surface area contributed by atoms with Gasteiger partial charge < -0.3 is 10.1 Å². The summed E-state index contributed by atoms with van der Waals surface area (Å²) in [6.45, 7) is 6.67. The molecule has 0 heterocycles. The molecule has 1 fully saturated rings. The Morgan fingerprint density at radius 1 is 1.44 bits per heavy atom. The van der Waals surface area contributed by atoms with Gasteiger partial charge in [0, 0.05) is 11.0 Å². The molecule has 0 spiro atoms. The molecule has 2 rings (SSSR count). The molecule has 2 unspecified atom stereocenters. The fraction of sp³-hybridized carbons (Fsp3) is 0.571. The molecule has 2 nitrogen and oxygen atoms in total. The predicted octanol–water partition coefficient (Wildman–Crippen LogP) is 2.58. The van der Waals surface area contributed by atoms with E-state index in [4.69, 9.17) is 4.74 Å². The SMILES string of the molecule is CCNCC1CC1(C)c1ccccc1OC. The normalized spacial score (nSPS) is 27.8. The van der Waals surface area contributed by atoms with Crippen molar-refractivity contribution in [3.8, 4) is 5.75 Å². The summed E-state index contributed by atoms with van der Waals surface area (Å²) in [5.74, 6) is 1.78. The molecule has 0 aromatic heterocycles. The Labute approximate surface area is 98.0 Å². The number of benzene rings is 1. The first-order chi connectivity index (χ1) is 7.72. The minimum atomic E-state index is 0.314. The fourth-order valence-electron chi connectivity index (χ4n) is 2.52. The van der Waals surface area contributed by atoms with E-state index in [9.17, 15) is 0 Å². The molecule has 1 aromatic carbocycles. The summed E-state index contributed by atoms with van der Waals surface area (Å²) in [7, 11) is 1.75. The van der Waals surface area contributed by atoms with Gasteiger partial charge in [0.1, 0.15) is 5.75 Å². The van der Waals surface area contributed by atoms with Crippen molar-refractivity contribution in [3.05, 3.63) is 29.8 Å². The van der Waals surface area contributed by atoms with Crippen molar-refractivity contribution in [1.82, 2.24) is 5.32 Å². The van der Waals surface area contributed by atoms with Gasteiger partial charge in [-0.25, -0.2) is 0 Å². The number of rotatable bonds is 5. The summed E-state index contributed by atoms with van der Waals surface area (Å²) in [6, 6.07) is 8.40. The molecule has 2 atom stereocenters. The summed E-state index contributed by atoms with van der Waals surface area (Å²) < 4.78 is 5.44. The van der Waals surface area contributed by atoms with Crippen LogP contribution in [-0.4, -0.2) is 20.2 Å². The highest BCUT2D eigenvalue weighted by atomic mass is 16.5. The second-order valence-electron chi connectivity index (χ2n) is 4.83. The third-order valence-electron chi connectivity index (χ3n) is 3.77. The Hall–Kier alpha value is -1.02. The summed E-state index contributed by atoms with van der Waals surface area (Å²) in [5, 5.41) is 3.43. The van der Waals surface area contributed by atoms with E-state index in [0.29, 0.717) is 5.41 Å². The number of methoxy groups -OCH3 is 1. The van der Waals surface area contributed by atoms with Crippen molar-refractivity contribution < 1.29 is 4.74 Å². The second-order valence-corrected chi connectivity index (χ2v) is 4.83. The Morgan fingerprint density at radius 3 is 2.88 bits per heavy atom. The molecule has 2 heteroatoms. The van der Waals surface area contributed by atoms with Crippen LogP contribution in [0, 0.1) is 5.92 Å². The van der Waals surface area contributed by atoms with Crippen LogP contribution in [0.3, 0.4) is 0 Å². The zero-order valence-electron chi connectivity index (χ0n) is 10.4. The van der Waals surface area contributed by atoms with Crippen LogP contribution in [0.15, 0.2) is 24.3 Å². The molecule has 0 amide bonds. The van der Waals surface area contributed by atoms with Crippen molar-refractivity contribution in [1.29, 1.82) is 0 Å². The maximum absolute atomic E-state index is 5.44. The minimum absolute atomic E-state index is 0.314. The Balaban J connectivity index is 2.13. The largest absolute Gasteiger partial charge is 0.496 e. The van der Waals surface area contributed by atoms with E-state index in [1.165, 1.54) is 12.0 Å². The quantitative estimate of drug-likeness (QED) is 0.822. The number of hydrogen-bond donors (Lipinski definition) is 1. The zero-order valence-corrected chi connectivity index (χ0v) is 10.4. The van der Waals surface area contributed by atoms with Crippen LogP contribution in [0.25, 0.3) is 0 Å². The van der Waals surface area contributed by atoms with Gasteiger partial charge in [-0.05, 0) is 31.5 Å². The van der Waals surface area contributed by atoms with Crippen molar-refractivity contribution in [2.24, 2.45) is 5.92 Å². The molecule has 1 aromatic rings. The minimum Gasteiger partial charge on any atom is -0.496 e. The number of hydrogen-bond acceptors (Lipinski definition) is 2. The zero-order chi connectivity index (χ0) is 11.6. The van der Waals surface area contributed by atoms with E-state index in [2.05, 4.69) is 37.4 Å². The highest BCUT2D eigenvalue weighted by Gasteiger charge is 2.51. The number of para-hydroxylation sites is 1. The predicted molar refractivity (Wildman–Crippen MR) is 67.0 cm³/mol. The van der Waals surface area contributed by atoms with Gasteiger partial charge in [-0.1, -0.05) is 32.0 Å². The smallest absolute Gasteiger partial charge is 0.122 e. The van der Waals surface area contributed by atoms with Crippen molar-refractivity contribution in [2.45, 2.75) is 25.7 Å². The molecular formula is C14H21NO. The van der Waals surface area contributed by atoms with Crippen molar-refractivity contribution in [3.63, 3.8) is 0 Å². The van der Waals surface area contributed by atoms with E-state index >= 15 is 0 Å². The standard InChI is InChI=1S/C14H21NO/c1-4-15-10-11-9-14(11,2)12-7-5-6-8-13(12)16-3/h5-8,11,15H,4,9-10H2,1-3H3. The molecule has 0 saturated heterocycles. The highest BCUT2D eigenvalue weighted by molar-refractivity contribution is 5.43. The molecule has 0 bridgehead atoms. The van der Waals surface area contributed by atoms with Crippen LogP contribution >= 0.6 is 0 Å². The maximum atomic E-state index is 5.44. The van der Waals surface area contributed by atoms with E-state index in [1.807, 2.05) is 6.07 Å². The van der Waals surface area contributed by atoms with Crippen molar-refractivity contribution >= 4 is 0 Å². The van der Waals surface area contributed by atoms with Crippen LogP contribution in [0.4, 0.5) is 0 Å². The monoisotopic (exact) mass is 219 g/mol. The molecule has 0 aliphatic heterocycles. The topological polar surface area (TPSA) is 21.3 Å². The lowest BCUT2D eigenvalue weighted by Gasteiger charge is -2.16. The van der Waals surface area contributed by atoms with Gasteiger partial charge in [-0.3, -0.25) is 0 Å². The molecule has 1 aliphatic carbocycles. The first-order valence-electron chi connectivity index (χ1n) is 6.06. The molecule has 1 aliphatic rings. The van der Waals surface area contributed by atoms with E-state index in [0.717, 1.165) is 24.8 Å². The van der Waals surface area contributed by atoms with Crippen LogP contribution < -0.4 is 10.1 Å². The maximum Gasteiger partial charge on any atom is 0.122 e. The van der Waals surface area contributed by atoms with Gasteiger partial charge in [0.05, 0.1) is 7.11 Å². The van der Waals surface area contributed by atoms with Crippen molar-refractivity contribution in [2.75, 3.05) is 20.2 Å². The Morgan fingerprint density at radius 2 is 2.19 bits per heavy atom. The number of nitrogens with one attached hydrogen (secondary N) is 1. The molecule has 16 heavy (non-hydrogen) atoms. The van der Waals surface area contributed by atoms with Crippen LogP contribution in [0.1, 0.15) is 25.8 Å².